The molecule has 1 aliphatic heterocycles. The van der Waals surface area contributed by atoms with E-state index >= 15 is 0 Å². The Hall–Kier alpha value is -3.20. The molecule has 8 heteroatoms. The van der Waals surface area contributed by atoms with Crippen LogP contribution in [0.4, 0.5) is 4.39 Å². The molecule has 1 aliphatic rings. The highest BCUT2D eigenvalue weighted by Gasteiger charge is 2.20. The quantitative estimate of drug-likeness (QED) is 0.400. The fourth-order valence-corrected chi connectivity index (χ4v) is 4.41. The standard InChI is InChI=1S/C25H25FN6S/c26-22-6-8-23(9-7-22)32-24(21-4-2-1-3-5-21)28-31(25(32)33)19-30-16-14-29(15-17-30)18-20-10-12-27-13-11-20/h1-13H,14-19H2. The number of halogens is 1. The van der Waals surface area contributed by atoms with Crippen LogP contribution in [0.1, 0.15) is 5.56 Å². The summed E-state index contributed by atoms with van der Waals surface area (Å²) in [5, 5.41) is 4.88. The third-order valence-corrected chi connectivity index (χ3v) is 6.30. The van der Waals surface area contributed by atoms with E-state index in [1.165, 1.54) is 17.7 Å². The number of benzene rings is 2. The van der Waals surface area contributed by atoms with Crippen LogP contribution in [-0.4, -0.2) is 55.3 Å². The minimum absolute atomic E-state index is 0.274. The summed E-state index contributed by atoms with van der Waals surface area (Å²) in [5.41, 5.74) is 3.05. The van der Waals surface area contributed by atoms with Crippen LogP contribution < -0.4 is 0 Å². The van der Waals surface area contributed by atoms with Gasteiger partial charge in [0.05, 0.1) is 12.4 Å². The zero-order valence-electron chi connectivity index (χ0n) is 18.2. The van der Waals surface area contributed by atoms with Crippen LogP contribution in [0.15, 0.2) is 79.1 Å². The Labute approximate surface area is 197 Å². The van der Waals surface area contributed by atoms with Gasteiger partial charge in [-0.15, -0.1) is 5.10 Å². The van der Waals surface area contributed by atoms with Crippen molar-refractivity contribution in [3.05, 3.63) is 95.3 Å². The third kappa shape index (κ3) is 4.93. The summed E-state index contributed by atoms with van der Waals surface area (Å²) in [6, 6.07) is 20.5. The second kappa shape index (κ2) is 9.74. The predicted octanol–water partition coefficient (Wildman–Crippen LogP) is 4.38. The molecule has 0 atom stereocenters. The van der Waals surface area contributed by atoms with Gasteiger partial charge in [0.25, 0.3) is 0 Å². The summed E-state index contributed by atoms with van der Waals surface area (Å²) in [7, 11) is 0. The molecule has 0 spiro atoms. The number of hydrogen-bond acceptors (Lipinski definition) is 5. The van der Waals surface area contributed by atoms with Gasteiger partial charge >= 0.3 is 0 Å². The zero-order valence-corrected chi connectivity index (χ0v) is 19.0. The van der Waals surface area contributed by atoms with E-state index in [1.54, 1.807) is 12.1 Å². The largest absolute Gasteiger partial charge is 0.297 e. The van der Waals surface area contributed by atoms with Crippen LogP contribution in [0.25, 0.3) is 17.1 Å². The van der Waals surface area contributed by atoms with Crippen molar-refractivity contribution in [1.29, 1.82) is 0 Å². The highest BCUT2D eigenvalue weighted by Crippen LogP contribution is 2.23. The van der Waals surface area contributed by atoms with E-state index in [0.717, 1.165) is 49.8 Å². The Morgan fingerprint density at radius 2 is 1.48 bits per heavy atom. The van der Waals surface area contributed by atoms with Crippen molar-refractivity contribution in [1.82, 2.24) is 29.1 Å². The minimum Gasteiger partial charge on any atom is -0.297 e. The normalized spacial score (nSPS) is 15.1. The summed E-state index contributed by atoms with van der Waals surface area (Å²) in [6.45, 7) is 5.41. The molecule has 2 aromatic heterocycles. The lowest BCUT2D eigenvalue weighted by Gasteiger charge is -2.34. The van der Waals surface area contributed by atoms with Gasteiger partial charge in [-0.2, -0.15) is 0 Å². The van der Waals surface area contributed by atoms with E-state index in [1.807, 2.05) is 52.0 Å². The number of piperazine rings is 1. The summed E-state index contributed by atoms with van der Waals surface area (Å²) in [5.74, 6) is 0.479. The van der Waals surface area contributed by atoms with Crippen molar-refractivity contribution in [2.24, 2.45) is 0 Å². The molecule has 0 unspecified atom stereocenters. The average molecular weight is 461 g/mol. The van der Waals surface area contributed by atoms with Gasteiger partial charge in [0.2, 0.25) is 4.77 Å². The highest BCUT2D eigenvalue weighted by molar-refractivity contribution is 7.71. The van der Waals surface area contributed by atoms with E-state index in [-0.39, 0.29) is 5.82 Å². The van der Waals surface area contributed by atoms with Crippen LogP contribution in [0.5, 0.6) is 0 Å². The van der Waals surface area contributed by atoms with Crippen LogP contribution >= 0.6 is 12.2 Å². The molecule has 33 heavy (non-hydrogen) atoms. The summed E-state index contributed by atoms with van der Waals surface area (Å²) in [4.78, 5) is 8.92. The molecule has 6 nitrogen and oxygen atoms in total. The first-order chi connectivity index (χ1) is 16.2. The molecule has 0 saturated carbocycles. The molecular formula is C25H25FN6S. The van der Waals surface area contributed by atoms with E-state index in [4.69, 9.17) is 17.3 Å². The number of nitrogens with zero attached hydrogens (tertiary/aromatic N) is 6. The Kier molecular flexibility index (Phi) is 6.39. The molecule has 3 heterocycles. The lowest BCUT2D eigenvalue weighted by Crippen LogP contribution is -2.46. The smallest absolute Gasteiger partial charge is 0.204 e. The summed E-state index contributed by atoms with van der Waals surface area (Å²) < 4.78 is 17.9. The van der Waals surface area contributed by atoms with E-state index < -0.39 is 0 Å². The topological polar surface area (TPSA) is 42.1 Å². The van der Waals surface area contributed by atoms with Gasteiger partial charge in [0.1, 0.15) is 5.82 Å². The van der Waals surface area contributed by atoms with Crippen molar-refractivity contribution in [3.8, 4) is 17.1 Å². The first-order valence-electron chi connectivity index (χ1n) is 11.0. The minimum atomic E-state index is -0.274. The lowest BCUT2D eigenvalue weighted by molar-refractivity contribution is 0.0981. The predicted molar refractivity (Wildman–Crippen MR) is 129 cm³/mol. The molecule has 0 N–H and O–H groups in total. The van der Waals surface area contributed by atoms with Gasteiger partial charge in [-0.05, 0) is 54.2 Å². The van der Waals surface area contributed by atoms with Gasteiger partial charge in [-0.25, -0.2) is 9.07 Å². The van der Waals surface area contributed by atoms with Gasteiger partial charge in [-0.1, -0.05) is 30.3 Å². The van der Waals surface area contributed by atoms with E-state index in [9.17, 15) is 4.39 Å². The van der Waals surface area contributed by atoms with Crippen molar-refractivity contribution >= 4 is 12.2 Å². The maximum absolute atomic E-state index is 13.5. The maximum Gasteiger partial charge on any atom is 0.204 e. The Balaban J connectivity index is 1.36. The van der Waals surface area contributed by atoms with Crippen LogP contribution in [0, 0.1) is 10.6 Å². The van der Waals surface area contributed by atoms with Crippen molar-refractivity contribution in [2.75, 3.05) is 26.2 Å². The van der Waals surface area contributed by atoms with Crippen molar-refractivity contribution in [3.63, 3.8) is 0 Å². The molecule has 1 fully saturated rings. The van der Waals surface area contributed by atoms with E-state index in [0.29, 0.717) is 11.4 Å². The fraction of sp³-hybridized carbons (Fsp3) is 0.240. The molecule has 2 aromatic carbocycles. The van der Waals surface area contributed by atoms with E-state index in [2.05, 4.69) is 26.9 Å². The molecular weight excluding hydrogens is 435 g/mol. The molecule has 0 aliphatic carbocycles. The Morgan fingerprint density at radius 3 is 2.18 bits per heavy atom. The third-order valence-electron chi connectivity index (χ3n) is 5.91. The lowest BCUT2D eigenvalue weighted by atomic mass is 10.2. The molecule has 0 radical (unpaired) electrons. The average Bonchev–Trinajstić information content (AvgIpc) is 3.18. The Morgan fingerprint density at radius 1 is 0.818 bits per heavy atom. The molecule has 1 saturated heterocycles. The van der Waals surface area contributed by atoms with Crippen LogP contribution in [0.2, 0.25) is 0 Å². The van der Waals surface area contributed by atoms with Crippen molar-refractivity contribution < 1.29 is 4.39 Å². The summed E-state index contributed by atoms with van der Waals surface area (Å²) in [6.07, 6.45) is 3.68. The molecule has 0 amide bonds. The monoisotopic (exact) mass is 460 g/mol. The van der Waals surface area contributed by atoms with Crippen LogP contribution in [0.3, 0.4) is 0 Å². The SMILES string of the molecule is Fc1ccc(-n2c(-c3ccccc3)nn(CN3CCN(Cc4ccncc4)CC3)c2=S)cc1. The Bertz CT molecular complexity index is 1250. The number of aromatic nitrogens is 4. The number of rotatable bonds is 6. The molecule has 4 aromatic rings. The molecule has 168 valence electrons. The van der Waals surface area contributed by atoms with Gasteiger partial charge in [0, 0.05) is 50.7 Å². The summed E-state index contributed by atoms with van der Waals surface area (Å²) >= 11 is 5.83. The fourth-order valence-electron chi connectivity index (χ4n) is 4.12. The molecule has 0 bridgehead atoms. The van der Waals surface area contributed by atoms with Gasteiger partial charge in [0.15, 0.2) is 5.82 Å². The maximum atomic E-state index is 13.5. The highest BCUT2D eigenvalue weighted by atomic mass is 32.1. The zero-order chi connectivity index (χ0) is 22.6. The molecule has 5 rings (SSSR count). The van der Waals surface area contributed by atoms with Gasteiger partial charge in [-0.3, -0.25) is 19.4 Å². The van der Waals surface area contributed by atoms with Gasteiger partial charge < -0.3 is 0 Å². The van der Waals surface area contributed by atoms with Crippen LogP contribution in [-0.2, 0) is 13.2 Å². The first kappa shape index (κ1) is 21.6. The second-order valence-electron chi connectivity index (χ2n) is 8.17. The number of hydrogen-bond donors (Lipinski definition) is 0. The van der Waals surface area contributed by atoms with Crippen molar-refractivity contribution in [2.45, 2.75) is 13.2 Å². The second-order valence-corrected chi connectivity index (χ2v) is 8.54. The first-order valence-corrected chi connectivity index (χ1v) is 11.4. The number of pyridine rings is 1.